The van der Waals surface area contributed by atoms with Crippen molar-refractivity contribution in [1.29, 1.82) is 0 Å². The maximum Gasteiger partial charge on any atom is 0.228 e. The molecule has 0 aliphatic heterocycles. The predicted octanol–water partition coefficient (Wildman–Crippen LogP) is 4.57. The van der Waals surface area contributed by atoms with Crippen molar-refractivity contribution < 1.29 is 17.6 Å². The second kappa shape index (κ2) is 9.98. The number of hydrogen-bond donors (Lipinski definition) is 0. The summed E-state index contributed by atoms with van der Waals surface area (Å²) < 4.78 is 41.6. The fraction of sp³-hybridized carbons (Fsp3) is 0.227. The maximum atomic E-state index is 14.1. The normalized spacial score (nSPS) is 11.7. The van der Waals surface area contributed by atoms with Crippen LogP contribution in [0.2, 0.25) is 5.02 Å². The van der Waals surface area contributed by atoms with Gasteiger partial charge in [-0.05, 0) is 48.9 Å². The molecule has 0 N–H and O–H groups in total. The Morgan fingerprint density at radius 3 is 2.64 bits per heavy atom. The van der Waals surface area contributed by atoms with Crippen LogP contribution in [-0.4, -0.2) is 41.4 Å². The second-order valence-electron chi connectivity index (χ2n) is 7.27. The summed E-state index contributed by atoms with van der Waals surface area (Å²) in [7, 11) is -3.54. The molecule has 0 radical (unpaired) electrons. The van der Waals surface area contributed by atoms with E-state index in [9.17, 15) is 17.6 Å². The lowest BCUT2D eigenvalue weighted by Gasteiger charge is -2.20. The number of benzene rings is 2. The van der Waals surface area contributed by atoms with Gasteiger partial charge in [0.15, 0.2) is 15.0 Å². The van der Waals surface area contributed by atoms with Crippen LogP contribution in [-0.2, 0) is 21.2 Å². The molecule has 0 aliphatic carbocycles. The lowest BCUT2D eigenvalue weighted by Crippen LogP contribution is -2.34. The van der Waals surface area contributed by atoms with Crippen LogP contribution in [0.25, 0.3) is 10.2 Å². The van der Waals surface area contributed by atoms with Crippen molar-refractivity contribution >= 4 is 54.0 Å². The highest BCUT2D eigenvalue weighted by molar-refractivity contribution is 7.91. The number of fused-ring (bicyclic) bond motifs is 1. The van der Waals surface area contributed by atoms with Crippen molar-refractivity contribution in [2.75, 3.05) is 17.2 Å². The number of para-hydroxylation sites is 1. The van der Waals surface area contributed by atoms with Crippen molar-refractivity contribution in [3.05, 3.63) is 71.8 Å². The molecule has 7 nitrogen and oxygen atoms in total. The van der Waals surface area contributed by atoms with Gasteiger partial charge in [-0.3, -0.25) is 14.4 Å². The zero-order chi connectivity index (χ0) is 23.4. The molecule has 0 aliphatic rings. The molecule has 1 amide bonds. The van der Waals surface area contributed by atoms with Gasteiger partial charge in [-0.2, -0.15) is 5.10 Å². The third-order valence-electron chi connectivity index (χ3n) is 4.98. The molecule has 2 heterocycles. The number of thiazole rings is 1. The van der Waals surface area contributed by atoms with Crippen molar-refractivity contribution in [2.45, 2.75) is 24.3 Å². The first-order chi connectivity index (χ1) is 15.8. The number of rotatable bonds is 9. The third kappa shape index (κ3) is 5.58. The Morgan fingerprint density at radius 1 is 1.15 bits per heavy atom. The molecule has 4 aromatic rings. The first-order valence-corrected chi connectivity index (χ1v) is 13.0. The van der Waals surface area contributed by atoms with Gasteiger partial charge in [0, 0.05) is 30.4 Å². The van der Waals surface area contributed by atoms with E-state index in [0.29, 0.717) is 21.4 Å². The average Bonchev–Trinajstić information content (AvgIpc) is 3.45. The van der Waals surface area contributed by atoms with Gasteiger partial charge in [-0.1, -0.05) is 29.0 Å². The second-order valence-corrected chi connectivity index (χ2v) is 10.8. The number of aromatic nitrogens is 3. The van der Waals surface area contributed by atoms with E-state index in [1.165, 1.54) is 46.6 Å². The number of halogens is 2. The van der Waals surface area contributed by atoms with E-state index in [0.717, 1.165) is 0 Å². The van der Waals surface area contributed by atoms with Crippen LogP contribution in [0.15, 0.2) is 65.8 Å². The average molecular weight is 507 g/mol. The van der Waals surface area contributed by atoms with E-state index >= 15 is 0 Å². The van der Waals surface area contributed by atoms with E-state index < -0.39 is 15.7 Å². The smallest absolute Gasteiger partial charge is 0.228 e. The molecular weight excluding hydrogens is 487 g/mol. The van der Waals surface area contributed by atoms with E-state index in [4.69, 9.17) is 11.6 Å². The highest BCUT2D eigenvalue weighted by Gasteiger charge is 2.22. The topological polar surface area (TPSA) is 85.2 Å². The molecule has 172 valence electrons. The zero-order valence-electron chi connectivity index (χ0n) is 17.4. The standard InChI is InChI=1S/C22H20ClFN4O3S2/c23-16-7-9-17(10-8-16)33(30,31)15-2-6-20(29)28(14-13-27-12-3-11-25-27)22-26-21-18(24)4-1-5-19(21)32-22/h1,3-5,7-12H,2,6,13-15H2. The van der Waals surface area contributed by atoms with Gasteiger partial charge in [-0.25, -0.2) is 17.8 Å². The highest BCUT2D eigenvalue weighted by Crippen LogP contribution is 2.31. The third-order valence-corrected chi connectivity index (χ3v) is 8.09. The molecular formula is C22H20ClFN4O3S2. The van der Waals surface area contributed by atoms with Crippen LogP contribution < -0.4 is 4.90 Å². The molecule has 2 aromatic carbocycles. The Kier molecular flexibility index (Phi) is 7.06. The molecule has 0 saturated carbocycles. The minimum absolute atomic E-state index is 0.00430. The monoisotopic (exact) mass is 506 g/mol. The molecule has 0 saturated heterocycles. The molecule has 11 heteroatoms. The molecule has 33 heavy (non-hydrogen) atoms. The van der Waals surface area contributed by atoms with Gasteiger partial charge in [0.2, 0.25) is 5.91 Å². The van der Waals surface area contributed by atoms with Crippen LogP contribution in [0.5, 0.6) is 0 Å². The van der Waals surface area contributed by atoms with Gasteiger partial charge >= 0.3 is 0 Å². The first kappa shape index (κ1) is 23.3. The first-order valence-electron chi connectivity index (χ1n) is 10.1. The lowest BCUT2D eigenvalue weighted by atomic mass is 10.3. The van der Waals surface area contributed by atoms with Crippen molar-refractivity contribution in [3.63, 3.8) is 0 Å². The summed E-state index contributed by atoms with van der Waals surface area (Å²) in [6.07, 6.45) is 3.56. The molecule has 0 unspecified atom stereocenters. The Balaban J connectivity index is 1.48. The summed E-state index contributed by atoms with van der Waals surface area (Å²) in [4.78, 5) is 19.1. The van der Waals surface area contributed by atoms with Gasteiger partial charge in [0.05, 0.1) is 21.9 Å². The van der Waals surface area contributed by atoms with Crippen molar-refractivity contribution in [1.82, 2.24) is 14.8 Å². The number of hydrogen-bond acceptors (Lipinski definition) is 6. The van der Waals surface area contributed by atoms with Crippen LogP contribution >= 0.6 is 22.9 Å². The number of carbonyl (C=O) groups excluding carboxylic acids is 1. The van der Waals surface area contributed by atoms with Crippen molar-refractivity contribution in [2.24, 2.45) is 0 Å². The largest absolute Gasteiger partial charge is 0.286 e. The van der Waals surface area contributed by atoms with Crippen LogP contribution in [0.3, 0.4) is 0 Å². The Labute approximate surface area is 199 Å². The summed E-state index contributed by atoms with van der Waals surface area (Å²) >= 11 is 7.04. The molecule has 0 bridgehead atoms. The number of amides is 1. The Morgan fingerprint density at radius 2 is 1.94 bits per heavy atom. The fourth-order valence-corrected chi connectivity index (χ4v) is 5.75. The highest BCUT2D eigenvalue weighted by atomic mass is 35.5. The zero-order valence-corrected chi connectivity index (χ0v) is 19.8. The molecule has 2 aromatic heterocycles. The summed E-state index contributed by atoms with van der Waals surface area (Å²) in [5.41, 5.74) is 0.208. The van der Waals surface area contributed by atoms with E-state index in [1.807, 2.05) is 0 Å². The number of sulfone groups is 1. The molecule has 0 atom stereocenters. The Hall–Kier alpha value is -2.82. The summed E-state index contributed by atoms with van der Waals surface area (Å²) in [6, 6.07) is 12.4. The van der Waals surface area contributed by atoms with E-state index in [2.05, 4.69) is 10.1 Å². The summed E-state index contributed by atoms with van der Waals surface area (Å²) in [5.74, 6) is -0.918. The Bertz CT molecular complexity index is 1360. The molecule has 4 rings (SSSR count). The number of carbonyl (C=O) groups is 1. The maximum absolute atomic E-state index is 14.1. The predicted molar refractivity (Wildman–Crippen MR) is 127 cm³/mol. The van der Waals surface area contributed by atoms with Crippen LogP contribution in [0.4, 0.5) is 9.52 Å². The molecule has 0 spiro atoms. The van der Waals surface area contributed by atoms with Crippen molar-refractivity contribution in [3.8, 4) is 0 Å². The summed E-state index contributed by atoms with van der Waals surface area (Å²) in [5, 5.41) is 4.96. The quantitative estimate of drug-likeness (QED) is 0.332. The van der Waals surface area contributed by atoms with Crippen LogP contribution in [0, 0.1) is 5.82 Å². The molecule has 0 fully saturated rings. The lowest BCUT2D eigenvalue weighted by molar-refractivity contribution is -0.118. The summed E-state index contributed by atoms with van der Waals surface area (Å²) in [6.45, 7) is 0.687. The van der Waals surface area contributed by atoms with Gasteiger partial charge in [0.25, 0.3) is 0 Å². The minimum Gasteiger partial charge on any atom is -0.286 e. The van der Waals surface area contributed by atoms with Gasteiger partial charge in [0.1, 0.15) is 11.3 Å². The number of nitrogens with zero attached hydrogens (tertiary/aromatic N) is 4. The minimum atomic E-state index is -3.54. The van der Waals surface area contributed by atoms with Gasteiger partial charge < -0.3 is 0 Å². The fourth-order valence-electron chi connectivity index (χ4n) is 3.29. The van der Waals surface area contributed by atoms with E-state index in [1.54, 1.807) is 35.3 Å². The van der Waals surface area contributed by atoms with E-state index in [-0.39, 0.29) is 41.5 Å². The number of anilines is 1. The SMILES string of the molecule is O=C(CCCS(=O)(=O)c1ccc(Cl)cc1)N(CCn1cccn1)c1nc2c(F)cccc2s1. The van der Waals surface area contributed by atoms with Crippen LogP contribution in [0.1, 0.15) is 12.8 Å². The van der Waals surface area contributed by atoms with Gasteiger partial charge in [-0.15, -0.1) is 0 Å².